The molecule has 0 aliphatic carbocycles. The molecule has 1 aromatic rings. The zero-order chi connectivity index (χ0) is 10.2. The Morgan fingerprint density at radius 3 is 2.31 bits per heavy atom. The number of alkyl halides is 3. The van der Waals surface area contributed by atoms with Crippen LogP contribution in [0.3, 0.4) is 0 Å². The van der Waals surface area contributed by atoms with E-state index < -0.39 is 27.2 Å². The molecule has 0 aromatic carbocycles. The van der Waals surface area contributed by atoms with Crippen LogP contribution in [0.2, 0.25) is 5.15 Å². The van der Waals surface area contributed by atoms with Gasteiger partial charge in [0, 0.05) is 6.20 Å². The minimum atomic E-state index is -4.78. The lowest BCUT2D eigenvalue weighted by Crippen LogP contribution is -2.10. The second kappa shape index (κ2) is 3.42. The molecule has 0 bridgehead atoms. The lowest BCUT2D eigenvalue weighted by Gasteiger charge is -2.09. The van der Waals surface area contributed by atoms with Crippen LogP contribution in [0.4, 0.5) is 17.6 Å². The summed E-state index contributed by atoms with van der Waals surface area (Å²) in [5, 5.41) is -0.796. The van der Waals surface area contributed by atoms with E-state index in [1.807, 2.05) is 0 Å². The average Bonchev–Trinajstić information content (AvgIpc) is 1.95. The second-order valence-corrected chi connectivity index (χ2v) is 3.30. The molecule has 1 nitrogen and oxygen atoms in total. The third-order valence-corrected chi connectivity index (χ3v) is 2.08. The van der Waals surface area contributed by atoms with Crippen LogP contribution >= 0.6 is 27.5 Å². The highest BCUT2D eigenvalue weighted by Gasteiger charge is 2.37. The molecule has 0 fully saturated rings. The van der Waals surface area contributed by atoms with Gasteiger partial charge >= 0.3 is 6.18 Å². The van der Waals surface area contributed by atoms with Crippen molar-refractivity contribution in [1.29, 1.82) is 0 Å². The highest BCUT2D eigenvalue weighted by atomic mass is 79.9. The van der Waals surface area contributed by atoms with Gasteiger partial charge in [-0.3, -0.25) is 0 Å². The molecule has 0 saturated heterocycles. The molecule has 0 unspecified atom stereocenters. The molecule has 1 heterocycles. The van der Waals surface area contributed by atoms with E-state index in [-0.39, 0.29) is 0 Å². The Balaban J connectivity index is 3.43. The van der Waals surface area contributed by atoms with Crippen LogP contribution in [-0.4, -0.2) is 4.98 Å². The number of halogens is 6. The zero-order valence-corrected chi connectivity index (χ0v) is 8.13. The van der Waals surface area contributed by atoms with Crippen molar-refractivity contribution in [1.82, 2.24) is 4.98 Å². The standard InChI is InChI=1S/C6HBrClF4N/c7-2-1-13-5(8)4(9)3(2)6(10,11)12/h1H. The Hall–Kier alpha value is -0.360. The van der Waals surface area contributed by atoms with Gasteiger partial charge in [-0.05, 0) is 15.9 Å². The number of aromatic nitrogens is 1. The fourth-order valence-corrected chi connectivity index (χ4v) is 1.35. The highest BCUT2D eigenvalue weighted by molar-refractivity contribution is 9.10. The molecule has 0 aliphatic heterocycles. The van der Waals surface area contributed by atoms with Crippen molar-refractivity contribution >= 4 is 27.5 Å². The second-order valence-electron chi connectivity index (χ2n) is 2.08. The predicted octanol–water partition coefficient (Wildman–Crippen LogP) is 3.66. The van der Waals surface area contributed by atoms with Crippen molar-refractivity contribution in [3.8, 4) is 0 Å². The van der Waals surface area contributed by atoms with Crippen molar-refractivity contribution in [2.75, 3.05) is 0 Å². The van der Waals surface area contributed by atoms with E-state index in [9.17, 15) is 17.6 Å². The number of hydrogen-bond acceptors (Lipinski definition) is 1. The van der Waals surface area contributed by atoms with Gasteiger partial charge < -0.3 is 0 Å². The monoisotopic (exact) mass is 277 g/mol. The molecular weight excluding hydrogens is 277 g/mol. The van der Waals surface area contributed by atoms with Gasteiger partial charge in [0.2, 0.25) is 0 Å². The summed E-state index contributed by atoms with van der Waals surface area (Å²) >= 11 is 7.62. The van der Waals surface area contributed by atoms with Crippen LogP contribution < -0.4 is 0 Å². The number of rotatable bonds is 0. The van der Waals surface area contributed by atoms with E-state index in [2.05, 4.69) is 20.9 Å². The lowest BCUT2D eigenvalue weighted by molar-refractivity contribution is -0.140. The number of hydrogen-bond donors (Lipinski definition) is 0. The van der Waals surface area contributed by atoms with E-state index in [1.165, 1.54) is 0 Å². The molecule has 0 aliphatic rings. The predicted molar refractivity (Wildman–Crippen MR) is 41.9 cm³/mol. The maximum absolute atomic E-state index is 12.8. The Morgan fingerprint density at radius 1 is 1.38 bits per heavy atom. The van der Waals surface area contributed by atoms with Gasteiger partial charge in [0.25, 0.3) is 0 Å². The van der Waals surface area contributed by atoms with Crippen LogP contribution in [0.15, 0.2) is 10.7 Å². The largest absolute Gasteiger partial charge is 0.420 e. The first-order valence-electron chi connectivity index (χ1n) is 2.90. The SMILES string of the molecule is Fc1c(Cl)ncc(Br)c1C(F)(F)F. The summed E-state index contributed by atoms with van der Waals surface area (Å²) in [6.45, 7) is 0. The van der Waals surface area contributed by atoms with E-state index in [1.54, 1.807) is 0 Å². The van der Waals surface area contributed by atoms with Crippen LogP contribution in [-0.2, 0) is 6.18 Å². The van der Waals surface area contributed by atoms with Crippen LogP contribution in [0.25, 0.3) is 0 Å². The topological polar surface area (TPSA) is 12.9 Å². The number of nitrogens with zero attached hydrogens (tertiary/aromatic N) is 1. The first-order valence-corrected chi connectivity index (χ1v) is 4.08. The van der Waals surface area contributed by atoms with Gasteiger partial charge in [0.1, 0.15) is 5.56 Å². The van der Waals surface area contributed by atoms with Crippen LogP contribution in [0.5, 0.6) is 0 Å². The van der Waals surface area contributed by atoms with Crippen molar-refractivity contribution in [3.05, 3.63) is 27.2 Å². The minimum absolute atomic E-state index is 0.470. The fraction of sp³-hybridized carbons (Fsp3) is 0.167. The molecule has 1 rings (SSSR count). The normalized spacial score (nSPS) is 11.8. The summed E-state index contributed by atoms with van der Waals surface area (Å²) < 4.78 is 48.7. The quantitative estimate of drug-likeness (QED) is 0.521. The maximum atomic E-state index is 12.8. The van der Waals surface area contributed by atoms with E-state index >= 15 is 0 Å². The van der Waals surface area contributed by atoms with Crippen LogP contribution in [0.1, 0.15) is 5.56 Å². The molecule has 0 spiro atoms. The van der Waals surface area contributed by atoms with Crippen molar-refractivity contribution in [2.45, 2.75) is 6.18 Å². The van der Waals surface area contributed by atoms with Gasteiger partial charge in [-0.2, -0.15) is 13.2 Å². The van der Waals surface area contributed by atoms with E-state index in [4.69, 9.17) is 11.6 Å². The smallest absolute Gasteiger partial charge is 0.240 e. The van der Waals surface area contributed by atoms with Crippen LogP contribution in [0, 0.1) is 5.82 Å². The average molecular weight is 278 g/mol. The first-order chi connectivity index (χ1) is 5.84. The molecule has 1 aromatic heterocycles. The van der Waals surface area contributed by atoms with E-state index in [0.29, 0.717) is 0 Å². The third kappa shape index (κ3) is 2.11. The Morgan fingerprint density at radius 2 is 1.92 bits per heavy atom. The summed E-state index contributed by atoms with van der Waals surface area (Å²) in [7, 11) is 0. The molecule has 0 radical (unpaired) electrons. The molecule has 0 amide bonds. The van der Waals surface area contributed by atoms with Gasteiger partial charge in [0.05, 0.1) is 4.47 Å². The van der Waals surface area contributed by atoms with E-state index in [0.717, 1.165) is 6.20 Å². The molecule has 72 valence electrons. The van der Waals surface area contributed by atoms with Crippen molar-refractivity contribution < 1.29 is 17.6 Å². The van der Waals surface area contributed by atoms with Gasteiger partial charge in [0.15, 0.2) is 11.0 Å². The van der Waals surface area contributed by atoms with Crippen molar-refractivity contribution in [2.24, 2.45) is 0 Å². The molecule has 0 atom stereocenters. The summed E-state index contributed by atoms with van der Waals surface area (Å²) in [4.78, 5) is 3.20. The lowest BCUT2D eigenvalue weighted by atomic mass is 10.2. The third-order valence-electron chi connectivity index (χ3n) is 1.21. The first kappa shape index (κ1) is 10.7. The summed E-state index contributed by atoms with van der Waals surface area (Å²) in [5.41, 5.74) is -1.44. The molecule has 13 heavy (non-hydrogen) atoms. The van der Waals surface area contributed by atoms with Gasteiger partial charge in [-0.15, -0.1) is 0 Å². The molecule has 7 heteroatoms. The van der Waals surface area contributed by atoms with Gasteiger partial charge in [-0.25, -0.2) is 9.37 Å². The Labute approximate surface area is 83.8 Å². The van der Waals surface area contributed by atoms with Crippen molar-refractivity contribution in [3.63, 3.8) is 0 Å². The fourth-order valence-electron chi connectivity index (χ4n) is 0.702. The highest BCUT2D eigenvalue weighted by Crippen LogP contribution is 2.37. The Bertz CT molecular complexity index is 338. The Kier molecular flexibility index (Phi) is 2.82. The summed E-state index contributed by atoms with van der Waals surface area (Å²) in [6.07, 6.45) is -3.98. The zero-order valence-electron chi connectivity index (χ0n) is 5.79. The summed E-state index contributed by atoms with van der Waals surface area (Å²) in [6, 6.07) is 0. The number of pyridine rings is 1. The minimum Gasteiger partial charge on any atom is -0.240 e. The molecule has 0 saturated carbocycles. The van der Waals surface area contributed by atoms with Gasteiger partial charge in [-0.1, -0.05) is 11.6 Å². The summed E-state index contributed by atoms with van der Waals surface area (Å²) in [5.74, 6) is -1.57. The molecular formula is C6HBrClF4N. The molecule has 0 N–H and O–H groups in total. The maximum Gasteiger partial charge on any atom is 0.420 e.